The number of aliphatic hydroxyl groups excluding tert-OH is 1. The van der Waals surface area contributed by atoms with Crippen LogP contribution in [0.4, 0.5) is 11.4 Å². The molecule has 8 nitrogen and oxygen atoms in total. The maximum Gasteiger partial charge on any atom is 0.278 e. The van der Waals surface area contributed by atoms with Crippen LogP contribution in [0, 0.1) is 22.7 Å². The molecule has 4 rings (SSSR count). The molecular formula is C23H27ClN4O4. The molecule has 32 heavy (non-hydrogen) atoms. The third kappa shape index (κ3) is 5.77. The molecular weight excluding hydrogens is 432 g/mol. The van der Waals surface area contributed by atoms with Crippen LogP contribution in [-0.4, -0.2) is 49.3 Å². The molecule has 1 unspecified atom stereocenters. The zero-order valence-electron chi connectivity index (χ0n) is 17.8. The largest absolute Gasteiger partial charge is 0.493 e. The molecule has 2 aromatic carbocycles. The van der Waals surface area contributed by atoms with Crippen LogP contribution < -0.4 is 20.1 Å². The fraction of sp³-hybridized carbons (Fsp3) is 0.348. The number of aliphatic hydroxyl groups is 1. The fourth-order valence-corrected chi connectivity index (χ4v) is 3.42. The Balaban J connectivity index is 0.000000305. The first-order chi connectivity index (χ1) is 15.3. The van der Waals surface area contributed by atoms with Gasteiger partial charge in [-0.3, -0.25) is 10.2 Å². The molecule has 0 bridgehead atoms. The van der Waals surface area contributed by atoms with Gasteiger partial charge in [0.2, 0.25) is 0 Å². The first-order valence-corrected chi connectivity index (χ1v) is 10.6. The highest BCUT2D eigenvalue weighted by molar-refractivity contribution is 6.72. The van der Waals surface area contributed by atoms with Gasteiger partial charge >= 0.3 is 0 Å². The first kappa shape index (κ1) is 23.6. The quantitative estimate of drug-likeness (QED) is 0.472. The number of carbonyl (C=O) groups is 1. The number of nitrogens with zero attached hydrogens (tertiary/aromatic N) is 1. The minimum absolute atomic E-state index is 0.00881. The fourth-order valence-electron chi connectivity index (χ4n) is 3.29. The Bertz CT molecular complexity index is 971. The van der Waals surface area contributed by atoms with Gasteiger partial charge in [0.1, 0.15) is 5.71 Å². The van der Waals surface area contributed by atoms with E-state index in [9.17, 15) is 9.90 Å². The van der Waals surface area contributed by atoms with Crippen molar-refractivity contribution in [2.75, 3.05) is 37.5 Å². The minimum Gasteiger partial charge on any atom is -0.493 e. The molecule has 170 valence electrons. The van der Waals surface area contributed by atoms with E-state index in [1.807, 2.05) is 0 Å². The summed E-state index contributed by atoms with van der Waals surface area (Å²) in [6.45, 7) is 0.627. The maximum absolute atomic E-state index is 12.0. The van der Waals surface area contributed by atoms with Crippen molar-refractivity contribution in [2.45, 2.75) is 12.8 Å². The van der Waals surface area contributed by atoms with Crippen LogP contribution in [0.1, 0.15) is 12.8 Å². The molecule has 1 saturated heterocycles. The number of ether oxygens (including phenoxy) is 2. The molecule has 0 radical (unpaired) electrons. The van der Waals surface area contributed by atoms with Gasteiger partial charge in [-0.25, -0.2) is 0 Å². The first-order valence-electron chi connectivity index (χ1n) is 10.2. The van der Waals surface area contributed by atoms with Crippen molar-refractivity contribution in [1.82, 2.24) is 0 Å². The van der Waals surface area contributed by atoms with Crippen LogP contribution in [-0.2, 0) is 4.79 Å². The van der Waals surface area contributed by atoms with Gasteiger partial charge in [0, 0.05) is 35.0 Å². The highest BCUT2D eigenvalue weighted by atomic mass is 35.5. The van der Waals surface area contributed by atoms with Crippen molar-refractivity contribution in [3.05, 3.63) is 47.5 Å². The zero-order valence-corrected chi connectivity index (χ0v) is 18.6. The number of methoxy groups -OCH3 is 1. The lowest BCUT2D eigenvalue weighted by molar-refractivity contribution is -0.111. The van der Waals surface area contributed by atoms with E-state index >= 15 is 0 Å². The number of hydrogen-bond acceptors (Lipinski definition) is 7. The number of nitrogens with one attached hydrogen (secondary N) is 2. The van der Waals surface area contributed by atoms with Crippen LogP contribution in [0.25, 0.3) is 0 Å². The topological polar surface area (TPSA) is 133 Å². The van der Waals surface area contributed by atoms with Crippen molar-refractivity contribution in [2.24, 2.45) is 11.8 Å². The molecule has 9 heteroatoms. The molecule has 0 aromatic heterocycles. The van der Waals surface area contributed by atoms with E-state index in [-0.39, 0.29) is 30.5 Å². The molecule has 1 atom stereocenters. The molecule has 2 aromatic rings. The summed E-state index contributed by atoms with van der Waals surface area (Å²) in [5.74, 6) is 1.23. The predicted molar refractivity (Wildman–Crippen MR) is 125 cm³/mol. The van der Waals surface area contributed by atoms with Crippen molar-refractivity contribution >= 4 is 40.3 Å². The van der Waals surface area contributed by atoms with E-state index in [1.54, 1.807) is 42.5 Å². The van der Waals surface area contributed by atoms with Crippen LogP contribution in [0.15, 0.2) is 42.5 Å². The van der Waals surface area contributed by atoms with E-state index in [0.717, 1.165) is 23.6 Å². The number of hydrogen-bond donors (Lipinski definition) is 4. The van der Waals surface area contributed by atoms with E-state index in [2.05, 4.69) is 0 Å². The Labute approximate surface area is 191 Å². The summed E-state index contributed by atoms with van der Waals surface area (Å²) < 4.78 is 11.1. The van der Waals surface area contributed by atoms with Gasteiger partial charge in [0.15, 0.2) is 11.5 Å². The number of nitrogen functional groups attached to an aromatic ring is 1. The third-order valence-electron chi connectivity index (χ3n) is 5.38. The summed E-state index contributed by atoms with van der Waals surface area (Å²) in [5.41, 5.74) is 6.41. The number of amides is 1. The Hall–Kier alpha value is -3.10. The standard InChI is InChI=1S/C17H21N3O4.C6H6ClN/c1-23-15-6-12(20-7-13(18)16(19)17(20)22)4-5-14(15)24-9-11(8-21)10-2-3-10;7-5-1-3-6(8)4-2-5/h4-6,10-11,18-19,21H,2-3,7-9H2,1H3;1-4H,8H2. The molecule has 1 saturated carbocycles. The Morgan fingerprint density at radius 3 is 2.38 bits per heavy atom. The van der Waals surface area contributed by atoms with Gasteiger partial charge in [-0.2, -0.15) is 0 Å². The normalized spacial score (nSPS) is 16.5. The van der Waals surface area contributed by atoms with Crippen LogP contribution in [0.2, 0.25) is 5.02 Å². The third-order valence-corrected chi connectivity index (χ3v) is 5.63. The number of rotatable bonds is 7. The second-order valence-electron chi connectivity index (χ2n) is 7.72. The van der Waals surface area contributed by atoms with Crippen LogP contribution >= 0.6 is 11.6 Å². The summed E-state index contributed by atoms with van der Waals surface area (Å²) >= 11 is 5.56. The smallest absolute Gasteiger partial charge is 0.278 e. The molecule has 5 N–H and O–H groups in total. The molecule has 2 fully saturated rings. The molecule has 1 aliphatic carbocycles. The average molecular weight is 459 g/mol. The minimum atomic E-state index is -0.482. The summed E-state index contributed by atoms with van der Waals surface area (Å²) in [6.07, 6.45) is 2.28. The number of halogens is 1. The van der Waals surface area contributed by atoms with E-state index in [1.165, 1.54) is 12.0 Å². The van der Waals surface area contributed by atoms with Gasteiger partial charge in [0.05, 0.1) is 26.0 Å². The molecule has 1 heterocycles. The number of carbonyl (C=O) groups excluding carboxylic acids is 1. The van der Waals surface area contributed by atoms with Gasteiger partial charge in [-0.05, 0) is 55.2 Å². The van der Waals surface area contributed by atoms with Gasteiger partial charge in [-0.15, -0.1) is 0 Å². The van der Waals surface area contributed by atoms with E-state index in [0.29, 0.717) is 29.7 Å². The maximum atomic E-state index is 12.0. The summed E-state index contributed by atoms with van der Waals surface area (Å²) in [4.78, 5) is 13.4. The molecule has 1 amide bonds. The van der Waals surface area contributed by atoms with Gasteiger partial charge in [0.25, 0.3) is 5.91 Å². The van der Waals surface area contributed by atoms with Crippen molar-refractivity contribution < 1.29 is 19.4 Å². The Morgan fingerprint density at radius 1 is 1.19 bits per heavy atom. The number of benzene rings is 2. The molecule has 0 spiro atoms. The zero-order chi connectivity index (χ0) is 23.3. The highest BCUT2D eigenvalue weighted by Gasteiger charge is 2.33. The van der Waals surface area contributed by atoms with Gasteiger partial charge in [-0.1, -0.05) is 11.6 Å². The molecule has 1 aliphatic heterocycles. The van der Waals surface area contributed by atoms with Gasteiger partial charge < -0.3 is 30.6 Å². The van der Waals surface area contributed by atoms with Crippen LogP contribution in [0.5, 0.6) is 11.5 Å². The Morgan fingerprint density at radius 2 is 1.88 bits per heavy atom. The second-order valence-corrected chi connectivity index (χ2v) is 8.16. The molecule has 2 aliphatic rings. The Kier molecular flexibility index (Phi) is 7.71. The monoisotopic (exact) mass is 458 g/mol. The lowest BCUT2D eigenvalue weighted by Crippen LogP contribution is -2.26. The van der Waals surface area contributed by atoms with E-state index < -0.39 is 5.91 Å². The lowest BCUT2D eigenvalue weighted by Gasteiger charge is -2.19. The van der Waals surface area contributed by atoms with Crippen LogP contribution in [0.3, 0.4) is 0 Å². The summed E-state index contributed by atoms with van der Waals surface area (Å²) in [5, 5.41) is 25.3. The van der Waals surface area contributed by atoms with Crippen molar-refractivity contribution in [3.63, 3.8) is 0 Å². The van der Waals surface area contributed by atoms with Crippen molar-refractivity contribution in [3.8, 4) is 11.5 Å². The van der Waals surface area contributed by atoms with E-state index in [4.69, 9.17) is 37.6 Å². The number of anilines is 2. The second kappa shape index (κ2) is 10.5. The summed E-state index contributed by atoms with van der Waals surface area (Å²) in [7, 11) is 1.52. The summed E-state index contributed by atoms with van der Waals surface area (Å²) in [6, 6.07) is 12.2. The highest BCUT2D eigenvalue weighted by Crippen LogP contribution is 2.38. The number of nitrogens with two attached hydrogens (primary N) is 1. The van der Waals surface area contributed by atoms with Crippen molar-refractivity contribution in [1.29, 1.82) is 10.8 Å². The predicted octanol–water partition coefficient (Wildman–Crippen LogP) is 3.40. The SMILES string of the molecule is COc1cc(N2CC(=N)C(=N)C2=O)ccc1OCC(CO)C1CC1.Nc1ccc(Cl)cc1. The lowest BCUT2D eigenvalue weighted by atomic mass is 10.1. The average Bonchev–Trinajstić information content (AvgIpc) is 3.61.